The summed E-state index contributed by atoms with van der Waals surface area (Å²) < 4.78 is 18.3. The minimum absolute atomic E-state index is 0.0758. The number of hydrogen-bond acceptors (Lipinski definition) is 5. The van der Waals surface area contributed by atoms with Gasteiger partial charge in [-0.25, -0.2) is 4.39 Å². The molecule has 7 heteroatoms. The minimum atomic E-state index is -0.334. The SMILES string of the molecule is O=C(Cc1ccc(F)cc1)Nc1nnc(CCSc2ccccc2)o1. The highest BCUT2D eigenvalue weighted by molar-refractivity contribution is 7.99. The number of halogens is 1. The third-order valence-electron chi connectivity index (χ3n) is 3.32. The second kappa shape index (κ2) is 8.43. The zero-order valence-corrected chi connectivity index (χ0v) is 14.1. The lowest BCUT2D eigenvalue weighted by Crippen LogP contribution is -2.14. The van der Waals surface area contributed by atoms with Gasteiger partial charge in [0, 0.05) is 17.1 Å². The molecule has 0 atom stereocenters. The molecular formula is C18H16FN3O2S. The van der Waals surface area contributed by atoms with Gasteiger partial charge < -0.3 is 4.42 Å². The number of aromatic nitrogens is 2. The number of nitrogens with zero attached hydrogens (tertiary/aromatic N) is 2. The van der Waals surface area contributed by atoms with E-state index in [0.717, 1.165) is 5.75 Å². The topological polar surface area (TPSA) is 68.0 Å². The highest BCUT2D eigenvalue weighted by Gasteiger charge is 2.10. The predicted octanol–water partition coefficient (Wildman–Crippen LogP) is 3.72. The van der Waals surface area contributed by atoms with Crippen LogP contribution >= 0.6 is 11.8 Å². The summed E-state index contributed by atoms with van der Waals surface area (Å²) >= 11 is 1.70. The molecule has 0 saturated heterocycles. The Morgan fingerprint density at radius 1 is 1.08 bits per heavy atom. The Hall–Kier alpha value is -2.67. The Kier molecular flexibility index (Phi) is 5.79. The van der Waals surface area contributed by atoms with E-state index < -0.39 is 0 Å². The third kappa shape index (κ3) is 5.42. The summed E-state index contributed by atoms with van der Waals surface area (Å²) in [6.07, 6.45) is 0.724. The van der Waals surface area contributed by atoms with Crippen molar-refractivity contribution < 1.29 is 13.6 Å². The van der Waals surface area contributed by atoms with Crippen LogP contribution in [0.3, 0.4) is 0 Å². The molecule has 0 aliphatic carbocycles. The largest absolute Gasteiger partial charge is 0.408 e. The lowest BCUT2D eigenvalue weighted by atomic mass is 10.1. The van der Waals surface area contributed by atoms with E-state index in [-0.39, 0.29) is 24.2 Å². The van der Waals surface area contributed by atoms with Gasteiger partial charge >= 0.3 is 6.01 Å². The van der Waals surface area contributed by atoms with Gasteiger partial charge in [-0.1, -0.05) is 35.4 Å². The van der Waals surface area contributed by atoms with E-state index in [1.807, 2.05) is 30.3 Å². The Morgan fingerprint density at radius 3 is 2.60 bits per heavy atom. The van der Waals surface area contributed by atoms with Crippen LogP contribution < -0.4 is 5.32 Å². The van der Waals surface area contributed by atoms with Crippen LogP contribution in [0.1, 0.15) is 11.5 Å². The van der Waals surface area contributed by atoms with Crippen molar-refractivity contribution in [1.29, 1.82) is 0 Å². The molecule has 0 aliphatic rings. The van der Waals surface area contributed by atoms with E-state index in [4.69, 9.17) is 4.42 Å². The number of hydrogen-bond donors (Lipinski definition) is 1. The van der Waals surface area contributed by atoms with Crippen molar-refractivity contribution in [3.8, 4) is 0 Å². The van der Waals surface area contributed by atoms with Crippen molar-refractivity contribution in [3.05, 3.63) is 71.9 Å². The van der Waals surface area contributed by atoms with E-state index in [1.165, 1.54) is 17.0 Å². The monoisotopic (exact) mass is 357 g/mol. The number of thioether (sulfide) groups is 1. The fraction of sp³-hybridized carbons (Fsp3) is 0.167. The normalized spacial score (nSPS) is 10.6. The zero-order chi connectivity index (χ0) is 17.5. The van der Waals surface area contributed by atoms with Gasteiger partial charge in [0.05, 0.1) is 6.42 Å². The van der Waals surface area contributed by atoms with Crippen molar-refractivity contribution in [2.24, 2.45) is 0 Å². The maximum Gasteiger partial charge on any atom is 0.322 e. The zero-order valence-electron chi connectivity index (χ0n) is 13.3. The summed E-state index contributed by atoms with van der Waals surface area (Å²) in [5.74, 6) is 0.648. The Labute approximate surface area is 148 Å². The van der Waals surface area contributed by atoms with Gasteiger partial charge in [-0.2, -0.15) is 0 Å². The molecule has 0 bridgehead atoms. The maximum atomic E-state index is 12.8. The summed E-state index contributed by atoms with van der Waals surface area (Å²) in [5, 5.41) is 10.3. The molecule has 3 rings (SSSR count). The molecule has 5 nitrogen and oxygen atoms in total. The van der Waals surface area contributed by atoms with Crippen LogP contribution in [0.15, 0.2) is 63.9 Å². The summed E-state index contributed by atoms with van der Waals surface area (Å²) in [6.45, 7) is 0. The number of benzene rings is 2. The Morgan fingerprint density at radius 2 is 1.84 bits per heavy atom. The van der Waals surface area contributed by atoms with Gasteiger partial charge in [-0.05, 0) is 29.8 Å². The molecule has 1 amide bonds. The van der Waals surface area contributed by atoms with Gasteiger partial charge in [0.2, 0.25) is 11.8 Å². The number of carbonyl (C=O) groups is 1. The van der Waals surface area contributed by atoms with Crippen molar-refractivity contribution in [2.45, 2.75) is 17.7 Å². The van der Waals surface area contributed by atoms with Gasteiger partial charge in [0.1, 0.15) is 5.82 Å². The summed E-state index contributed by atoms with van der Waals surface area (Å²) in [4.78, 5) is 13.1. The number of nitrogens with one attached hydrogen (secondary N) is 1. The van der Waals surface area contributed by atoms with Crippen LogP contribution in [0.4, 0.5) is 10.4 Å². The fourth-order valence-electron chi connectivity index (χ4n) is 2.13. The lowest BCUT2D eigenvalue weighted by molar-refractivity contribution is -0.115. The molecule has 25 heavy (non-hydrogen) atoms. The van der Waals surface area contributed by atoms with E-state index in [1.54, 1.807) is 23.9 Å². The minimum Gasteiger partial charge on any atom is -0.408 e. The highest BCUT2D eigenvalue weighted by atomic mass is 32.2. The van der Waals surface area contributed by atoms with Crippen LogP contribution in [-0.4, -0.2) is 21.9 Å². The van der Waals surface area contributed by atoms with E-state index in [0.29, 0.717) is 17.9 Å². The molecular weight excluding hydrogens is 341 g/mol. The summed E-state index contributed by atoms with van der Waals surface area (Å²) in [7, 11) is 0. The molecule has 0 spiro atoms. The average molecular weight is 357 g/mol. The molecule has 0 fully saturated rings. The first kappa shape index (κ1) is 17.2. The fourth-order valence-corrected chi connectivity index (χ4v) is 2.99. The van der Waals surface area contributed by atoms with Crippen molar-refractivity contribution in [1.82, 2.24) is 10.2 Å². The first-order chi connectivity index (χ1) is 12.2. The number of anilines is 1. The Bertz CT molecular complexity index is 822. The molecule has 0 saturated carbocycles. The van der Waals surface area contributed by atoms with Crippen LogP contribution in [0.2, 0.25) is 0 Å². The van der Waals surface area contributed by atoms with Crippen LogP contribution in [0, 0.1) is 5.82 Å². The van der Waals surface area contributed by atoms with E-state index in [9.17, 15) is 9.18 Å². The molecule has 0 unspecified atom stereocenters. The maximum absolute atomic E-state index is 12.8. The van der Waals surface area contributed by atoms with Gasteiger partial charge in [-0.15, -0.1) is 16.9 Å². The smallest absolute Gasteiger partial charge is 0.322 e. The second-order valence-corrected chi connectivity index (χ2v) is 6.43. The summed E-state index contributed by atoms with van der Waals surface area (Å²) in [6, 6.07) is 15.9. The van der Waals surface area contributed by atoms with Crippen LogP contribution in [0.5, 0.6) is 0 Å². The quantitative estimate of drug-likeness (QED) is 0.653. The van der Waals surface area contributed by atoms with Crippen molar-refractivity contribution in [2.75, 3.05) is 11.1 Å². The number of aryl methyl sites for hydroxylation is 1. The number of amides is 1. The van der Waals surface area contributed by atoms with Crippen molar-refractivity contribution in [3.63, 3.8) is 0 Å². The average Bonchev–Trinajstić information content (AvgIpc) is 3.05. The van der Waals surface area contributed by atoms with Crippen LogP contribution in [-0.2, 0) is 17.6 Å². The molecule has 128 valence electrons. The Balaban J connectivity index is 1.46. The standard InChI is InChI=1S/C18H16FN3O2S/c19-14-8-6-13(7-9-14)12-16(23)20-18-22-21-17(24-18)10-11-25-15-4-2-1-3-5-15/h1-9H,10-12H2,(H,20,22,23). The molecule has 1 N–H and O–H groups in total. The van der Waals surface area contributed by atoms with Crippen LogP contribution in [0.25, 0.3) is 0 Å². The van der Waals surface area contributed by atoms with Gasteiger partial charge in [0.15, 0.2) is 0 Å². The molecule has 0 aliphatic heterocycles. The molecule has 1 heterocycles. The van der Waals surface area contributed by atoms with Crippen molar-refractivity contribution >= 4 is 23.7 Å². The molecule has 0 radical (unpaired) electrons. The highest BCUT2D eigenvalue weighted by Crippen LogP contribution is 2.18. The molecule has 2 aromatic carbocycles. The second-order valence-electron chi connectivity index (χ2n) is 5.26. The van der Waals surface area contributed by atoms with E-state index >= 15 is 0 Å². The summed E-state index contributed by atoms with van der Waals surface area (Å²) in [5.41, 5.74) is 0.706. The molecule has 3 aromatic rings. The first-order valence-corrected chi connectivity index (χ1v) is 8.72. The lowest BCUT2D eigenvalue weighted by Gasteiger charge is -2.01. The van der Waals surface area contributed by atoms with Gasteiger partial charge in [0.25, 0.3) is 0 Å². The third-order valence-corrected chi connectivity index (χ3v) is 4.33. The first-order valence-electron chi connectivity index (χ1n) is 7.73. The molecule has 1 aromatic heterocycles. The number of rotatable bonds is 7. The predicted molar refractivity (Wildman–Crippen MR) is 93.9 cm³/mol. The number of carbonyl (C=O) groups excluding carboxylic acids is 1. The van der Waals surface area contributed by atoms with E-state index in [2.05, 4.69) is 15.5 Å². The van der Waals surface area contributed by atoms with Gasteiger partial charge in [-0.3, -0.25) is 10.1 Å².